The van der Waals surface area contributed by atoms with Gasteiger partial charge in [-0.25, -0.2) is 8.42 Å². The van der Waals surface area contributed by atoms with Crippen molar-refractivity contribution in [2.24, 2.45) is 11.8 Å². The van der Waals surface area contributed by atoms with Crippen molar-refractivity contribution in [2.45, 2.75) is 43.3 Å². The van der Waals surface area contributed by atoms with E-state index in [9.17, 15) is 18.6 Å². The third kappa shape index (κ3) is 3.42. The van der Waals surface area contributed by atoms with Crippen molar-refractivity contribution < 1.29 is 18.6 Å². The van der Waals surface area contributed by atoms with Crippen molar-refractivity contribution in [3.05, 3.63) is 42.5 Å². The summed E-state index contributed by atoms with van der Waals surface area (Å²) in [5.41, 5.74) is -0.411. The molecule has 0 heterocycles. The van der Waals surface area contributed by atoms with E-state index in [1.54, 1.807) is 37.3 Å². The largest absolute Gasteiger partial charge is 0.390 e. The van der Waals surface area contributed by atoms with E-state index in [2.05, 4.69) is 6.58 Å². The van der Waals surface area contributed by atoms with Crippen LogP contribution in [0.15, 0.2) is 47.4 Å². The minimum atomic E-state index is -3.52. The van der Waals surface area contributed by atoms with Crippen LogP contribution in [0.3, 0.4) is 0 Å². The number of allylic oxidation sites excluding steroid dienone is 1. The van der Waals surface area contributed by atoms with Gasteiger partial charge in [0.15, 0.2) is 9.84 Å². The predicted octanol–water partition coefficient (Wildman–Crippen LogP) is 2.17. The summed E-state index contributed by atoms with van der Waals surface area (Å²) in [5.74, 6) is -0.841. The molecule has 0 saturated heterocycles. The Hall–Kier alpha value is -1.17. The van der Waals surface area contributed by atoms with Gasteiger partial charge in [-0.1, -0.05) is 30.4 Å². The molecule has 2 N–H and O–H groups in total. The van der Waals surface area contributed by atoms with Crippen molar-refractivity contribution in [3.63, 3.8) is 0 Å². The van der Waals surface area contributed by atoms with E-state index in [-0.39, 0.29) is 16.6 Å². The van der Waals surface area contributed by atoms with E-state index in [4.69, 9.17) is 0 Å². The second kappa shape index (κ2) is 6.14. The van der Waals surface area contributed by atoms with E-state index in [1.807, 2.05) is 6.92 Å². The Labute approximate surface area is 132 Å². The van der Waals surface area contributed by atoms with E-state index in [0.717, 1.165) is 5.57 Å². The normalized spacial score (nSPS) is 32.6. The fourth-order valence-electron chi connectivity index (χ4n) is 3.29. The number of aliphatic hydroxyl groups excluding tert-OH is 1. The summed E-state index contributed by atoms with van der Waals surface area (Å²) in [7, 11) is -3.52. The molecule has 0 bridgehead atoms. The highest BCUT2D eigenvalue weighted by Gasteiger charge is 2.46. The molecule has 1 fully saturated rings. The number of hydrogen-bond donors (Lipinski definition) is 2. The lowest BCUT2D eigenvalue weighted by Crippen LogP contribution is -2.52. The standard InChI is InChI=1S/C17H24O4S/c1-12(2)14-9-10-17(3,19)16(18)15(14)11-22(20,21)13-7-5-4-6-8-13/h4-8,14-16,18-19H,1,9-11H2,2-3H3/t14-,15+,16-,17-/m1/s1. The van der Waals surface area contributed by atoms with Gasteiger partial charge >= 0.3 is 0 Å². The van der Waals surface area contributed by atoms with E-state index < -0.39 is 27.5 Å². The first-order chi connectivity index (χ1) is 10.1. The lowest BCUT2D eigenvalue weighted by atomic mass is 9.69. The Bertz CT molecular complexity index is 634. The molecular weight excluding hydrogens is 300 g/mol. The molecule has 122 valence electrons. The third-order valence-corrected chi connectivity index (χ3v) is 6.48. The fourth-order valence-corrected chi connectivity index (χ4v) is 4.97. The summed E-state index contributed by atoms with van der Waals surface area (Å²) in [6.07, 6.45) is -0.0106. The molecular formula is C17H24O4S. The van der Waals surface area contributed by atoms with Crippen LogP contribution < -0.4 is 0 Å². The van der Waals surface area contributed by atoms with Gasteiger partial charge in [-0.05, 0) is 44.7 Å². The first-order valence-electron chi connectivity index (χ1n) is 7.49. The van der Waals surface area contributed by atoms with Crippen LogP contribution in [0.25, 0.3) is 0 Å². The second-order valence-corrected chi connectivity index (χ2v) is 8.59. The molecule has 0 spiro atoms. The molecule has 0 amide bonds. The van der Waals surface area contributed by atoms with Crippen LogP contribution in [0.5, 0.6) is 0 Å². The van der Waals surface area contributed by atoms with Gasteiger partial charge in [-0.3, -0.25) is 0 Å². The van der Waals surface area contributed by atoms with Gasteiger partial charge in [0.1, 0.15) is 0 Å². The van der Waals surface area contributed by atoms with Crippen molar-refractivity contribution in [1.82, 2.24) is 0 Å². The zero-order valence-corrected chi connectivity index (χ0v) is 13.9. The number of hydrogen-bond acceptors (Lipinski definition) is 4. The van der Waals surface area contributed by atoms with Gasteiger partial charge in [-0.15, -0.1) is 0 Å². The van der Waals surface area contributed by atoms with Crippen molar-refractivity contribution in [3.8, 4) is 0 Å². The second-order valence-electron chi connectivity index (χ2n) is 6.55. The van der Waals surface area contributed by atoms with Crippen LogP contribution in [0, 0.1) is 11.8 Å². The molecule has 1 aliphatic carbocycles. The maximum atomic E-state index is 12.6. The van der Waals surface area contributed by atoms with Gasteiger partial charge in [0.05, 0.1) is 22.4 Å². The minimum absolute atomic E-state index is 0.103. The van der Waals surface area contributed by atoms with Gasteiger partial charge in [0, 0.05) is 5.92 Å². The zero-order valence-electron chi connectivity index (χ0n) is 13.1. The smallest absolute Gasteiger partial charge is 0.178 e. The molecule has 22 heavy (non-hydrogen) atoms. The molecule has 1 aromatic carbocycles. The number of aliphatic hydroxyl groups is 2. The van der Waals surface area contributed by atoms with Crippen LogP contribution >= 0.6 is 0 Å². The van der Waals surface area contributed by atoms with Crippen LogP contribution in [0.2, 0.25) is 0 Å². The molecule has 5 heteroatoms. The number of benzene rings is 1. The molecule has 0 aromatic heterocycles. The first kappa shape index (κ1) is 17.2. The molecule has 0 aliphatic heterocycles. The van der Waals surface area contributed by atoms with Gasteiger partial charge < -0.3 is 10.2 Å². The molecule has 0 radical (unpaired) electrons. The topological polar surface area (TPSA) is 74.6 Å². The summed E-state index contributed by atoms with van der Waals surface area (Å²) in [4.78, 5) is 0.243. The maximum Gasteiger partial charge on any atom is 0.178 e. The fraction of sp³-hybridized carbons (Fsp3) is 0.529. The Morgan fingerprint density at radius 2 is 1.95 bits per heavy atom. The van der Waals surface area contributed by atoms with Crippen LogP contribution in [-0.2, 0) is 9.84 Å². The average Bonchev–Trinajstić information content (AvgIpc) is 2.44. The Morgan fingerprint density at radius 1 is 1.36 bits per heavy atom. The average molecular weight is 324 g/mol. The van der Waals surface area contributed by atoms with E-state index in [0.29, 0.717) is 12.8 Å². The van der Waals surface area contributed by atoms with Crippen molar-refractivity contribution >= 4 is 9.84 Å². The maximum absolute atomic E-state index is 12.6. The summed E-state index contributed by atoms with van der Waals surface area (Å²) >= 11 is 0. The SMILES string of the molecule is C=C(C)[C@H]1CC[C@@](C)(O)[C@H](O)[C@H]1CS(=O)(=O)c1ccccc1. The van der Waals surface area contributed by atoms with E-state index in [1.165, 1.54) is 0 Å². The monoisotopic (exact) mass is 324 g/mol. The number of rotatable bonds is 4. The molecule has 2 rings (SSSR count). The first-order valence-corrected chi connectivity index (χ1v) is 9.14. The highest BCUT2D eigenvalue weighted by molar-refractivity contribution is 7.91. The molecule has 4 nitrogen and oxygen atoms in total. The summed E-state index contributed by atoms with van der Waals surface area (Å²) in [6, 6.07) is 8.22. The third-order valence-electron chi connectivity index (χ3n) is 4.67. The molecule has 1 aliphatic rings. The quantitative estimate of drug-likeness (QED) is 0.833. The zero-order chi connectivity index (χ0) is 16.5. The van der Waals surface area contributed by atoms with Crippen molar-refractivity contribution in [2.75, 3.05) is 5.75 Å². The lowest BCUT2D eigenvalue weighted by Gasteiger charge is -2.44. The van der Waals surface area contributed by atoms with E-state index >= 15 is 0 Å². The van der Waals surface area contributed by atoms with Gasteiger partial charge in [0.2, 0.25) is 0 Å². The van der Waals surface area contributed by atoms with Crippen LogP contribution in [0.1, 0.15) is 26.7 Å². The highest BCUT2D eigenvalue weighted by atomic mass is 32.2. The van der Waals surface area contributed by atoms with Crippen LogP contribution in [-0.4, -0.2) is 36.1 Å². The molecule has 1 saturated carbocycles. The minimum Gasteiger partial charge on any atom is -0.390 e. The van der Waals surface area contributed by atoms with Gasteiger partial charge in [-0.2, -0.15) is 0 Å². The van der Waals surface area contributed by atoms with Gasteiger partial charge in [0.25, 0.3) is 0 Å². The van der Waals surface area contributed by atoms with Crippen LogP contribution in [0.4, 0.5) is 0 Å². The Kier molecular flexibility index (Phi) is 4.80. The summed E-state index contributed by atoms with van der Waals surface area (Å²) in [6.45, 7) is 7.34. The Balaban J connectivity index is 2.32. The highest BCUT2D eigenvalue weighted by Crippen LogP contribution is 2.41. The van der Waals surface area contributed by atoms with Crippen molar-refractivity contribution in [1.29, 1.82) is 0 Å². The summed E-state index contributed by atoms with van der Waals surface area (Å²) in [5, 5.41) is 20.8. The number of sulfone groups is 1. The molecule has 0 unspecified atom stereocenters. The lowest BCUT2D eigenvalue weighted by molar-refractivity contribution is -0.121. The molecule has 1 aromatic rings. The summed E-state index contributed by atoms with van der Waals surface area (Å²) < 4.78 is 25.2. The predicted molar refractivity (Wildman–Crippen MR) is 86.2 cm³/mol. The Morgan fingerprint density at radius 3 is 2.50 bits per heavy atom. The molecule has 4 atom stereocenters.